The standard InChI is InChI=1S/C15H25N5O6/c1-7(16)12(22)19-9(6-11(17)21)14(24)20-5-3-4-10(20)13(23)18-8(2)15(25)26/h7-10H,3-6,16H2,1-2H3,(H2,17,21)(H,18,23)(H,19,22)(H,25,26). The largest absolute Gasteiger partial charge is 0.480 e. The second-order valence-corrected chi connectivity index (χ2v) is 6.28. The lowest BCUT2D eigenvalue weighted by molar-refractivity contribution is -0.145. The maximum absolute atomic E-state index is 12.7. The SMILES string of the molecule is CC(N)C(=O)NC(CC(N)=O)C(=O)N1CCCC1C(=O)NC(C)C(=O)O. The highest BCUT2D eigenvalue weighted by Crippen LogP contribution is 2.19. The molecule has 1 rings (SSSR count). The van der Waals surface area contributed by atoms with Crippen molar-refractivity contribution in [3.8, 4) is 0 Å². The molecule has 4 amide bonds. The van der Waals surface area contributed by atoms with Gasteiger partial charge in [-0.2, -0.15) is 0 Å². The van der Waals surface area contributed by atoms with Crippen molar-refractivity contribution in [2.24, 2.45) is 11.5 Å². The van der Waals surface area contributed by atoms with Crippen molar-refractivity contribution < 1.29 is 29.1 Å². The van der Waals surface area contributed by atoms with Crippen LogP contribution >= 0.6 is 0 Å². The van der Waals surface area contributed by atoms with Crippen LogP contribution in [0.4, 0.5) is 0 Å². The molecule has 0 spiro atoms. The summed E-state index contributed by atoms with van der Waals surface area (Å²) in [7, 11) is 0. The Hall–Kier alpha value is -2.69. The summed E-state index contributed by atoms with van der Waals surface area (Å²) in [6, 6.07) is -4.13. The number of carboxylic acids is 1. The summed E-state index contributed by atoms with van der Waals surface area (Å²) in [4.78, 5) is 60.1. The number of nitrogens with one attached hydrogen (secondary N) is 2. The van der Waals surface area contributed by atoms with Gasteiger partial charge in [0.2, 0.25) is 23.6 Å². The first kappa shape index (κ1) is 21.4. The van der Waals surface area contributed by atoms with Crippen molar-refractivity contribution in [1.29, 1.82) is 0 Å². The van der Waals surface area contributed by atoms with Gasteiger partial charge >= 0.3 is 5.97 Å². The van der Waals surface area contributed by atoms with Gasteiger partial charge in [0.05, 0.1) is 12.5 Å². The van der Waals surface area contributed by atoms with E-state index in [9.17, 15) is 24.0 Å². The lowest BCUT2D eigenvalue weighted by Gasteiger charge is -2.29. The summed E-state index contributed by atoms with van der Waals surface area (Å²) in [6.45, 7) is 2.96. The van der Waals surface area contributed by atoms with E-state index in [2.05, 4.69) is 10.6 Å². The summed E-state index contributed by atoms with van der Waals surface area (Å²) in [5, 5.41) is 13.6. The van der Waals surface area contributed by atoms with Crippen LogP contribution in [0, 0.1) is 0 Å². The number of likely N-dealkylation sites (tertiary alicyclic amines) is 1. The molecule has 11 heteroatoms. The maximum atomic E-state index is 12.7. The van der Waals surface area contributed by atoms with Crippen LogP contribution in [0.15, 0.2) is 0 Å². The van der Waals surface area contributed by atoms with E-state index in [1.54, 1.807) is 0 Å². The molecule has 7 N–H and O–H groups in total. The second kappa shape index (κ2) is 9.13. The fourth-order valence-corrected chi connectivity index (χ4v) is 2.58. The number of nitrogens with two attached hydrogens (primary N) is 2. The Morgan fingerprint density at radius 3 is 2.31 bits per heavy atom. The molecule has 0 aliphatic carbocycles. The van der Waals surface area contributed by atoms with E-state index < -0.39 is 60.2 Å². The predicted molar refractivity (Wildman–Crippen MR) is 89.4 cm³/mol. The minimum atomic E-state index is -1.24. The molecule has 1 fully saturated rings. The molecule has 146 valence electrons. The number of carboxylic acid groups (broad SMARTS) is 1. The summed E-state index contributed by atoms with van der Waals surface area (Å²) < 4.78 is 0. The van der Waals surface area contributed by atoms with Gasteiger partial charge < -0.3 is 32.1 Å². The number of aliphatic carboxylic acids is 1. The van der Waals surface area contributed by atoms with E-state index in [1.807, 2.05) is 0 Å². The fourth-order valence-electron chi connectivity index (χ4n) is 2.58. The van der Waals surface area contributed by atoms with Crippen LogP contribution in [0.2, 0.25) is 0 Å². The minimum absolute atomic E-state index is 0.238. The van der Waals surface area contributed by atoms with Gasteiger partial charge in [-0.25, -0.2) is 0 Å². The first-order chi connectivity index (χ1) is 12.0. The topological polar surface area (TPSA) is 185 Å². The molecule has 4 unspecified atom stereocenters. The summed E-state index contributed by atoms with van der Waals surface area (Å²) in [6.07, 6.45) is 0.428. The van der Waals surface area contributed by atoms with Gasteiger partial charge in [0, 0.05) is 6.54 Å². The van der Waals surface area contributed by atoms with Crippen molar-refractivity contribution in [3.63, 3.8) is 0 Å². The molecule has 1 aliphatic rings. The Morgan fingerprint density at radius 2 is 1.81 bits per heavy atom. The van der Waals surface area contributed by atoms with Gasteiger partial charge in [-0.3, -0.25) is 24.0 Å². The van der Waals surface area contributed by atoms with E-state index in [1.165, 1.54) is 18.7 Å². The zero-order chi connectivity index (χ0) is 20.0. The molecular weight excluding hydrogens is 346 g/mol. The Morgan fingerprint density at radius 1 is 1.19 bits per heavy atom. The Labute approximate surface area is 150 Å². The predicted octanol–water partition coefficient (Wildman–Crippen LogP) is -2.73. The first-order valence-electron chi connectivity index (χ1n) is 8.22. The third-order valence-corrected chi connectivity index (χ3v) is 4.00. The molecule has 0 aromatic heterocycles. The number of primary amides is 1. The van der Waals surface area contributed by atoms with Crippen LogP contribution in [-0.4, -0.2) is 70.3 Å². The van der Waals surface area contributed by atoms with Gasteiger partial charge in [-0.05, 0) is 26.7 Å². The van der Waals surface area contributed by atoms with Gasteiger partial charge in [0.1, 0.15) is 18.1 Å². The zero-order valence-corrected chi connectivity index (χ0v) is 14.7. The van der Waals surface area contributed by atoms with Gasteiger partial charge in [0.25, 0.3) is 0 Å². The number of hydrogen-bond acceptors (Lipinski definition) is 6. The van der Waals surface area contributed by atoms with Crippen LogP contribution in [0.1, 0.15) is 33.1 Å². The molecule has 0 radical (unpaired) electrons. The molecular formula is C15H25N5O6. The minimum Gasteiger partial charge on any atom is -0.480 e. The third-order valence-electron chi connectivity index (χ3n) is 4.00. The molecule has 0 saturated carbocycles. The summed E-state index contributed by atoms with van der Waals surface area (Å²) in [5.41, 5.74) is 10.6. The number of carbonyl (C=O) groups excluding carboxylic acids is 4. The highest BCUT2D eigenvalue weighted by Gasteiger charge is 2.38. The van der Waals surface area contributed by atoms with Crippen molar-refractivity contribution in [2.45, 2.75) is 57.3 Å². The Bertz CT molecular complexity index is 593. The first-order valence-corrected chi connectivity index (χ1v) is 8.22. The van der Waals surface area contributed by atoms with Crippen molar-refractivity contribution >= 4 is 29.6 Å². The highest BCUT2D eigenvalue weighted by atomic mass is 16.4. The second-order valence-electron chi connectivity index (χ2n) is 6.28. The third kappa shape index (κ3) is 5.69. The number of rotatable bonds is 8. The highest BCUT2D eigenvalue weighted by molar-refractivity contribution is 5.96. The monoisotopic (exact) mass is 371 g/mol. The van der Waals surface area contributed by atoms with Gasteiger partial charge in [-0.15, -0.1) is 0 Å². The lowest BCUT2D eigenvalue weighted by atomic mass is 10.1. The maximum Gasteiger partial charge on any atom is 0.325 e. The molecule has 11 nitrogen and oxygen atoms in total. The Balaban J connectivity index is 2.90. The van der Waals surface area contributed by atoms with E-state index in [-0.39, 0.29) is 6.54 Å². The average Bonchev–Trinajstić information content (AvgIpc) is 3.02. The van der Waals surface area contributed by atoms with E-state index in [0.29, 0.717) is 12.8 Å². The fraction of sp³-hybridized carbons (Fsp3) is 0.667. The summed E-state index contributed by atoms with van der Waals surface area (Å²) in [5.74, 6) is -3.89. The van der Waals surface area contributed by atoms with Crippen LogP contribution in [0.25, 0.3) is 0 Å². The Kier molecular flexibility index (Phi) is 7.50. The van der Waals surface area contributed by atoms with Crippen LogP contribution in [0.3, 0.4) is 0 Å². The van der Waals surface area contributed by atoms with Crippen LogP contribution in [0.5, 0.6) is 0 Å². The van der Waals surface area contributed by atoms with Crippen LogP contribution in [-0.2, 0) is 24.0 Å². The molecule has 1 heterocycles. The number of nitrogens with zero attached hydrogens (tertiary/aromatic N) is 1. The molecule has 0 aromatic rings. The van der Waals surface area contributed by atoms with Crippen molar-refractivity contribution in [2.75, 3.05) is 6.54 Å². The molecule has 1 aliphatic heterocycles. The molecule has 0 aromatic carbocycles. The molecule has 0 bridgehead atoms. The van der Waals surface area contributed by atoms with Gasteiger partial charge in [-0.1, -0.05) is 0 Å². The average molecular weight is 371 g/mol. The number of hydrogen-bond donors (Lipinski definition) is 5. The molecule has 1 saturated heterocycles. The smallest absolute Gasteiger partial charge is 0.325 e. The summed E-state index contributed by atoms with van der Waals surface area (Å²) >= 11 is 0. The van der Waals surface area contributed by atoms with Gasteiger partial charge in [0.15, 0.2) is 0 Å². The molecule has 26 heavy (non-hydrogen) atoms. The zero-order valence-electron chi connectivity index (χ0n) is 14.7. The van der Waals surface area contributed by atoms with E-state index >= 15 is 0 Å². The van der Waals surface area contributed by atoms with Crippen LogP contribution < -0.4 is 22.1 Å². The number of carbonyl (C=O) groups is 5. The molecule has 4 atom stereocenters. The van der Waals surface area contributed by atoms with Crippen molar-refractivity contribution in [1.82, 2.24) is 15.5 Å². The quantitative estimate of drug-likeness (QED) is 0.306. The normalized spacial score (nSPS) is 20.0. The van der Waals surface area contributed by atoms with Crippen molar-refractivity contribution in [3.05, 3.63) is 0 Å². The van der Waals surface area contributed by atoms with E-state index in [0.717, 1.165) is 0 Å². The van der Waals surface area contributed by atoms with E-state index in [4.69, 9.17) is 16.6 Å². The number of amides is 4. The lowest BCUT2D eigenvalue weighted by Crippen LogP contribution is -2.57.